The molecule has 1 aliphatic carbocycles. The number of aromatic nitrogens is 4. The van der Waals surface area contributed by atoms with Gasteiger partial charge in [0, 0.05) is 12.6 Å². The number of imidazole rings is 1. The zero-order valence-corrected chi connectivity index (χ0v) is 19.8. The molecule has 0 bridgehead atoms. The molecule has 0 amide bonds. The Labute approximate surface area is 201 Å². The zero-order chi connectivity index (χ0) is 23.1. The molecule has 0 spiro atoms. The van der Waals surface area contributed by atoms with Crippen LogP contribution in [-0.4, -0.2) is 18.7 Å². The van der Waals surface area contributed by atoms with Gasteiger partial charge in [0.05, 0.1) is 22.1 Å². The SMILES string of the molecule is Cc1ccccc1-n1c(=O)n(C2CCCCC2)c(=O)c2c1ncn2Cc1ccc(Cl)c(Cl)c1. The molecule has 5 rings (SSSR count). The molecule has 0 radical (unpaired) electrons. The third-order valence-electron chi connectivity index (χ3n) is 6.48. The minimum Gasteiger partial charge on any atom is -0.320 e. The number of hydrogen-bond donors (Lipinski definition) is 0. The van der Waals surface area contributed by atoms with Crippen LogP contribution in [0.15, 0.2) is 58.4 Å². The van der Waals surface area contributed by atoms with Gasteiger partial charge in [0.15, 0.2) is 11.2 Å². The number of hydrogen-bond acceptors (Lipinski definition) is 3. The lowest BCUT2D eigenvalue weighted by molar-refractivity contribution is 0.335. The lowest BCUT2D eigenvalue weighted by Crippen LogP contribution is -2.43. The number of nitrogens with zero attached hydrogens (tertiary/aromatic N) is 4. The first kappa shape index (κ1) is 22.0. The molecule has 1 aliphatic rings. The van der Waals surface area contributed by atoms with Gasteiger partial charge < -0.3 is 4.57 Å². The summed E-state index contributed by atoms with van der Waals surface area (Å²) in [5.74, 6) is 0. The van der Waals surface area contributed by atoms with Crippen LogP contribution in [0.1, 0.15) is 49.3 Å². The molecule has 4 aromatic rings. The smallest absolute Gasteiger partial charge is 0.320 e. The second-order valence-electron chi connectivity index (χ2n) is 8.66. The number of para-hydroxylation sites is 1. The Balaban J connectivity index is 1.77. The fourth-order valence-electron chi connectivity index (χ4n) is 4.80. The summed E-state index contributed by atoms with van der Waals surface area (Å²) in [4.78, 5) is 32.0. The highest BCUT2D eigenvalue weighted by molar-refractivity contribution is 6.42. The minimum atomic E-state index is -0.325. The largest absolute Gasteiger partial charge is 0.337 e. The lowest BCUT2D eigenvalue weighted by atomic mass is 9.95. The molecule has 0 saturated heterocycles. The summed E-state index contributed by atoms with van der Waals surface area (Å²) in [6.45, 7) is 2.34. The van der Waals surface area contributed by atoms with Gasteiger partial charge in [0.1, 0.15) is 0 Å². The van der Waals surface area contributed by atoms with Crippen LogP contribution in [0, 0.1) is 6.92 Å². The van der Waals surface area contributed by atoms with E-state index in [1.807, 2.05) is 37.3 Å². The standard InChI is InChI=1S/C25H24Cl2N4O2/c1-16-7-5-6-10-21(16)31-23-22(24(32)30(25(31)33)18-8-3-2-4-9-18)29(15-28-23)14-17-11-12-19(26)20(27)13-17/h5-7,10-13,15,18H,2-4,8-9,14H2,1H3. The van der Waals surface area contributed by atoms with Crippen LogP contribution in [-0.2, 0) is 6.54 Å². The van der Waals surface area contributed by atoms with Crippen LogP contribution in [0.3, 0.4) is 0 Å². The molecular formula is C25H24Cl2N4O2. The molecule has 2 heterocycles. The summed E-state index contributed by atoms with van der Waals surface area (Å²) in [6, 6.07) is 13.0. The summed E-state index contributed by atoms with van der Waals surface area (Å²) < 4.78 is 4.84. The molecule has 33 heavy (non-hydrogen) atoms. The topological polar surface area (TPSA) is 61.8 Å². The van der Waals surface area contributed by atoms with E-state index in [2.05, 4.69) is 4.98 Å². The molecule has 1 saturated carbocycles. The van der Waals surface area contributed by atoms with E-state index in [-0.39, 0.29) is 17.3 Å². The molecule has 2 aromatic heterocycles. The van der Waals surface area contributed by atoms with E-state index >= 15 is 0 Å². The van der Waals surface area contributed by atoms with Crippen molar-refractivity contribution >= 4 is 34.4 Å². The van der Waals surface area contributed by atoms with Gasteiger partial charge >= 0.3 is 5.69 Å². The predicted molar refractivity (Wildman–Crippen MR) is 132 cm³/mol. The number of aryl methyl sites for hydroxylation is 1. The Kier molecular flexibility index (Phi) is 5.89. The van der Waals surface area contributed by atoms with E-state index in [0.717, 1.165) is 48.9 Å². The first-order chi connectivity index (χ1) is 16.0. The number of fused-ring (bicyclic) bond motifs is 1. The van der Waals surface area contributed by atoms with Crippen molar-refractivity contribution < 1.29 is 0 Å². The Morgan fingerprint density at radius 1 is 1.00 bits per heavy atom. The maximum Gasteiger partial charge on any atom is 0.337 e. The fraction of sp³-hybridized carbons (Fsp3) is 0.320. The molecule has 2 aromatic carbocycles. The first-order valence-electron chi connectivity index (χ1n) is 11.2. The van der Waals surface area contributed by atoms with E-state index < -0.39 is 0 Å². The summed E-state index contributed by atoms with van der Waals surface area (Å²) in [5, 5.41) is 0.930. The summed E-state index contributed by atoms with van der Waals surface area (Å²) in [7, 11) is 0. The lowest BCUT2D eigenvalue weighted by Gasteiger charge is -2.24. The van der Waals surface area contributed by atoms with E-state index in [1.165, 1.54) is 4.57 Å². The van der Waals surface area contributed by atoms with Crippen LogP contribution in [0.25, 0.3) is 16.9 Å². The van der Waals surface area contributed by atoms with Gasteiger partial charge in [-0.2, -0.15) is 0 Å². The van der Waals surface area contributed by atoms with Crippen molar-refractivity contribution in [1.82, 2.24) is 18.7 Å². The van der Waals surface area contributed by atoms with E-state index in [0.29, 0.717) is 27.8 Å². The molecular weight excluding hydrogens is 459 g/mol. The van der Waals surface area contributed by atoms with Crippen LogP contribution >= 0.6 is 23.2 Å². The van der Waals surface area contributed by atoms with Crippen molar-refractivity contribution in [1.29, 1.82) is 0 Å². The van der Waals surface area contributed by atoms with Crippen LogP contribution < -0.4 is 11.2 Å². The van der Waals surface area contributed by atoms with Gasteiger partial charge in [-0.3, -0.25) is 9.36 Å². The van der Waals surface area contributed by atoms with Crippen molar-refractivity contribution in [3.8, 4) is 5.69 Å². The molecule has 0 atom stereocenters. The highest BCUT2D eigenvalue weighted by Crippen LogP contribution is 2.27. The van der Waals surface area contributed by atoms with Gasteiger partial charge in [0.25, 0.3) is 5.56 Å². The molecule has 6 nitrogen and oxygen atoms in total. The molecule has 170 valence electrons. The number of rotatable bonds is 4. The average Bonchev–Trinajstić information content (AvgIpc) is 3.22. The average molecular weight is 483 g/mol. The first-order valence-corrected chi connectivity index (χ1v) is 11.9. The minimum absolute atomic E-state index is 0.105. The second kappa shape index (κ2) is 8.84. The monoisotopic (exact) mass is 482 g/mol. The van der Waals surface area contributed by atoms with Crippen molar-refractivity contribution in [2.45, 2.75) is 51.6 Å². The zero-order valence-electron chi connectivity index (χ0n) is 18.3. The highest BCUT2D eigenvalue weighted by atomic mass is 35.5. The second-order valence-corrected chi connectivity index (χ2v) is 9.48. The van der Waals surface area contributed by atoms with Gasteiger partial charge in [-0.25, -0.2) is 14.3 Å². The summed E-state index contributed by atoms with van der Waals surface area (Å²) >= 11 is 12.3. The maximum atomic E-state index is 13.8. The van der Waals surface area contributed by atoms with Crippen LogP contribution in [0.2, 0.25) is 10.0 Å². The summed E-state index contributed by atoms with van der Waals surface area (Å²) in [5.41, 5.74) is 2.73. The third-order valence-corrected chi connectivity index (χ3v) is 7.22. The van der Waals surface area contributed by atoms with E-state index in [4.69, 9.17) is 23.2 Å². The van der Waals surface area contributed by atoms with Gasteiger partial charge in [-0.05, 0) is 49.1 Å². The molecule has 0 unspecified atom stereocenters. The van der Waals surface area contributed by atoms with Crippen molar-refractivity contribution in [2.24, 2.45) is 0 Å². The Morgan fingerprint density at radius 3 is 2.48 bits per heavy atom. The molecule has 0 aliphatic heterocycles. The fourth-order valence-corrected chi connectivity index (χ4v) is 5.12. The van der Waals surface area contributed by atoms with Crippen molar-refractivity contribution in [2.75, 3.05) is 0 Å². The molecule has 8 heteroatoms. The predicted octanol–water partition coefficient (Wildman–Crippen LogP) is 5.52. The van der Waals surface area contributed by atoms with Crippen molar-refractivity contribution in [3.63, 3.8) is 0 Å². The Morgan fingerprint density at radius 2 is 1.76 bits per heavy atom. The Hall–Kier alpha value is -2.83. The van der Waals surface area contributed by atoms with Crippen LogP contribution in [0.5, 0.6) is 0 Å². The van der Waals surface area contributed by atoms with Crippen molar-refractivity contribution in [3.05, 3.63) is 90.8 Å². The van der Waals surface area contributed by atoms with E-state index in [1.54, 1.807) is 27.6 Å². The maximum absolute atomic E-state index is 13.8. The number of benzene rings is 2. The molecule has 1 fully saturated rings. The van der Waals surface area contributed by atoms with E-state index in [9.17, 15) is 9.59 Å². The van der Waals surface area contributed by atoms with Crippen LogP contribution in [0.4, 0.5) is 0 Å². The van der Waals surface area contributed by atoms with Gasteiger partial charge in [-0.15, -0.1) is 0 Å². The summed E-state index contributed by atoms with van der Waals surface area (Å²) in [6.07, 6.45) is 6.44. The number of halogens is 2. The normalized spacial score (nSPS) is 14.8. The van der Waals surface area contributed by atoms with Gasteiger partial charge in [0.2, 0.25) is 0 Å². The third kappa shape index (κ3) is 3.91. The molecule has 0 N–H and O–H groups in total. The Bertz CT molecular complexity index is 1460. The highest BCUT2D eigenvalue weighted by Gasteiger charge is 2.25. The van der Waals surface area contributed by atoms with Gasteiger partial charge in [-0.1, -0.05) is 66.7 Å². The quantitative estimate of drug-likeness (QED) is 0.384.